The van der Waals surface area contributed by atoms with Crippen molar-refractivity contribution in [1.82, 2.24) is 0 Å². The summed E-state index contributed by atoms with van der Waals surface area (Å²) in [6.45, 7) is 4.61. The molecule has 96 valence electrons. The maximum atomic E-state index is 3.42. The molecule has 0 atom stereocenters. The third-order valence-corrected chi connectivity index (χ3v) is 5.67. The van der Waals surface area contributed by atoms with Crippen molar-refractivity contribution in [3.8, 4) is 0 Å². The van der Waals surface area contributed by atoms with Gasteiger partial charge in [-0.15, -0.1) is 12.8 Å². The molecule has 0 aliphatic heterocycles. The van der Waals surface area contributed by atoms with Gasteiger partial charge in [0.15, 0.2) is 0 Å². The molecule has 2 aliphatic carbocycles. The molecule has 0 spiro atoms. The van der Waals surface area contributed by atoms with Crippen LogP contribution < -0.4 is 0 Å². The van der Waals surface area contributed by atoms with Crippen LogP contribution in [0.2, 0.25) is 5.54 Å². The third kappa shape index (κ3) is 7.57. The van der Waals surface area contributed by atoms with Crippen LogP contribution in [0.4, 0.5) is 0 Å². The fraction of sp³-hybridized carbons (Fsp3) is 0.467. The van der Waals surface area contributed by atoms with E-state index in [1.807, 2.05) is 12.2 Å². The van der Waals surface area contributed by atoms with Crippen molar-refractivity contribution in [1.29, 1.82) is 0 Å². The summed E-state index contributed by atoms with van der Waals surface area (Å²) in [6.07, 6.45) is 21.7. The minimum absolute atomic E-state index is 0. The average molecular weight is 289 g/mol. The van der Waals surface area contributed by atoms with Crippen LogP contribution in [-0.4, -0.2) is 9.52 Å². The molecule has 0 nitrogen and oxygen atoms in total. The molecule has 0 fully saturated rings. The van der Waals surface area contributed by atoms with Crippen LogP contribution >= 0.6 is 0 Å². The van der Waals surface area contributed by atoms with E-state index in [4.69, 9.17) is 0 Å². The summed E-state index contributed by atoms with van der Waals surface area (Å²) in [5.41, 5.74) is 1.01. The second kappa shape index (κ2) is 10.8. The molecule has 0 saturated carbocycles. The van der Waals surface area contributed by atoms with Crippen LogP contribution in [-0.2, 0) is 16.5 Å². The number of hydrogen-bond acceptors (Lipinski definition) is 0. The Hall–Kier alpha value is -0.330. The molecule has 0 N–H and O–H groups in total. The molecule has 2 aliphatic rings. The van der Waals surface area contributed by atoms with Gasteiger partial charge in [0.2, 0.25) is 0 Å². The fourth-order valence-corrected chi connectivity index (χ4v) is 3.61. The number of rotatable bonds is 4. The number of hydrogen-bond donors (Lipinski definition) is 0. The summed E-state index contributed by atoms with van der Waals surface area (Å²) in [6, 6.07) is 0. The van der Waals surface area contributed by atoms with Crippen molar-refractivity contribution in [2.75, 3.05) is 0 Å². The van der Waals surface area contributed by atoms with Crippen LogP contribution in [0.3, 0.4) is 0 Å². The van der Waals surface area contributed by atoms with Crippen molar-refractivity contribution < 1.29 is 16.5 Å². The van der Waals surface area contributed by atoms with Gasteiger partial charge in [0, 0.05) is 9.52 Å². The third-order valence-electron chi connectivity index (χ3n) is 3.02. The van der Waals surface area contributed by atoms with E-state index >= 15 is 0 Å². The van der Waals surface area contributed by atoms with E-state index in [0.29, 0.717) is 0 Å². The van der Waals surface area contributed by atoms with Crippen molar-refractivity contribution in [3.63, 3.8) is 0 Å². The van der Waals surface area contributed by atoms with Gasteiger partial charge in [-0.25, -0.2) is 23.4 Å². The molecule has 0 radical (unpaired) electrons. The van der Waals surface area contributed by atoms with Gasteiger partial charge in [0.1, 0.15) is 0 Å². The van der Waals surface area contributed by atoms with Crippen LogP contribution in [0.15, 0.2) is 35.6 Å². The monoisotopic (exact) mass is 288 g/mol. The van der Waals surface area contributed by atoms with Gasteiger partial charge in [-0.3, -0.25) is 12.2 Å². The molecule has 17 heavy (non-hydrogen) atoms. The molecule has 2 heteroatoms. The van der Waals surface area contributed by atoms with E-state index in [1.54, 1.807) is 5.20 Å². The SMILES string of the molecule is CCC(CC)[SiH2]C1=[C-]CC=C1.[C-]1=CC=CC1.[Ni+2]. The van der Waals surface area contributed by atoms with E-state index in [2.05, 4.69) is 44.2 Å². The molecular weight excluding hydrogens is 267 g/mol. The van der Waals surface area contributed by atoms with Gasteiger partial charge in [0.25, 0.3) is 0 Å². The Morgan fingerprint density at radius 2 is 2.00 bits per heavy atom. The van der Waals surface area contributed by atoms with E-state index in [1.165, 1.54) is 12.8 Å². The Kier molecular flexibility index (Phi) is 10.6. The van der Waals surface area contributed by atoms with Crippen LogP contribution in [0.5, 0.6) is 0 Å². The first-order valence-corrected chi connectivity index (χ1v) is 7.87. The Bertz CT molecular complexity index is 286. The zero-order valence-electron chi connectivity index (χ0n) is 10.8. The molecule has 0 aromatic heterocycles. The summed E-state index contributed by atoms with van der Waals surface area (Å²) in [7, 11) is 0.0204. The summed E-state index contributed by atoms with van der Waals surface area (Å²) in [5.74, 6) is 0. The topological polar surface area (TPSA) is 0 Å². The second-order valence-corrected chi connectivity index (χ2v) is 6.52. The number of allylic oxidation sites excluding steroid dienone is 8. The smallest absolute Gasteiger partial charge is 0.274 e. The van der Waals surface area contributed by atoms with Gasteiger partial charge in [-0.2, -0.15) is 12.2 Å². The minimum Gasteiger partial charge on any atom is -0.274 e. The van der Waals surface area contributed by atoms with E-state index in [9.17, 15) is 0 Å². The zero-order chi connectivity index (χ0) is 11.6. The minimum atomic E-state index is 0. The van der Waals surface area contributed by atoms with Crippen molar-refractivity contribution in [3.05, 3.63) is 47.7 Å². The Labute approximate surface area is 119 Å². The molecule has 0 aromatic rings. The molecular formula is C15H22NiSi. The predicted molar refractivity (Wildman–Crippen MR) is 75.0 cm³/mol. The summed E-state index contributed by atoms with van der Waals surface area (Å²) < 4.78 is 0. The Balaban J connectivity index is 0.000000360. The molecule has 0 saturated heterocycles. The molecule has 2 rings (SSSR count). The van der Waals surface area contributed by atoms with E-state index < -0.39 is 0 Å². The normalized spacial score (nSPS) is 16.3. The van der Waals surface area contributed by atoms with Gasteiger partial charge >= 0.3 is 16.5 Å². The fourth-order valence-electron chi connectivity index (χ4n) is 1.82. The summed E-state index contributed by atoms with van der Waals surface area (Å²) >= 11 is 0. The van der Waals surface area contributed by atoms with Crippen molar-refractivity contribution in [2.45, 2.75) is 45.1 Å². The van der Waals surface area contributed by atoms with Crippen LogP contribution in [0.25, 0.3) is 0 Å². The average Bonchev–Trinajstić information content (AvgIpc) is 3.01. The first-order chi connectivity index (χ1) is 7.86. The largest absolute Gasteiger partial charge is 2.00 e. The standard InChI is InChI=1S/C10H17Si.C5H5.Ni/c1-3-9(4-2)11-10-7-5-6-8-10;1-2-4-5-3-1;/h5,7,9H,3-4,6,11H2,1-2H3;1-3H,4H2;/q2*-1;+2. The molecule has 0 unspecified atom stereocenters. The summed E-state index contributed by atoms with van der Waals surface area (Å²) in [5, 5.41) is 1.57. The second-order valence-electron chi connectivity index (χ2n) is 4.20. The first kappa shape index (κ1) is 16.7. The van der Waals surface area contributed by atoms with E-state index in [0.717, 1.165) is 18.4 Å². The molecule has 0 bridgehead atoms. The maximum Gasteiger partial charge on any atom is 2.00 e. The van der Waals surface area contributed by atoms with Gasteiger partial charge in [-0.1, -0.05) is 26.7 Å². The Morgan fingerprint density at radius 3 is 2.35 bits per heavy atom. The van der Waals surface area contributed by atoms with Gasteiger partial charge in [0.05, 0.1) is 0 Å². The van der Waals surface area contributed by atoms with Crippen molar-refractivity contribution in [2.24, 2.45) is 0 Å². The first-order valence-electron chi connectivity index (χ1n) is 6.34. The molecule has 0 heterocycles. The summed E-state index contributed by atoms with van der Waals surface area (Å²) in [4.78, 5) is 0. The zero-order valence-corrected chi connectivity index (χ0v) is 13.2. The molecule has 0 amide bonds. The molecule has 0 aromatic carbocycles. The predicted octanol–water partition coefficient (Wildman–Crippen LogP) is 3.71. The van der Waals surface area contributed by atoms with Crippen LogP contribution in [0.1, 0.15) is 39.5 Å². The van der Waals surface area contributed by atoms with Gasteiger partial charge in [-0.05, 0) is 5.54 Å². The van der Waals surface area contributed by atoms with Crippen LogP contribution in [0, 0.1) is 12.2 Å². The maximum absolute atomic E-state index is 3.42. The van der Waals surface area contributed by atoms with Gasteiger partial charge < -0.3 is 0 Å². The quantitative estimate of drug-likeness (QED) is 0.546. The van der Waals surface area contributed by atoms with E-state index in [-0.39, 0.29) is 26.0 Å². The Morgan fingerprint density at radius 1 is 1.24 bits per heavy atom. The van der Waals surface area contributed by atoms with Crippen molar-refractivity contribution >= 4 is 9.52 Å².